The minimum absolute atomic E-state index is 0.0601. The fourth-order valence-corrected chi connectivity index (χ4v) is 3.78. The van der Waals surface area contributed by atoms with Crippen LogP contribution in [-0.2, 0) is 14.6 Å². The predicted octanol–water partition coefficient (Wildman–Crippen LogP) is -4.13. The van der Waals surface area contributed by atoms with Gasteiger partial charge in [-0.1, -0.05) is 0 Å². The van der Waals surface area contributed by atoms with Crippen molar-refractivity contribution in [2.24, 2.45) is 21.5 Å². The third kappa shape index (κ3) is 1.80. The molecule has 1 unspecified atom stereocenters. The van der Waals surface area contributed by atoms with E-state index in [0.29, 0.717) is 0 Å². The van der Waals surface area contributed by atoms with Crippen LogP contribution in [0.5, 0.6) is 0 Å². The first-order valence-corrected chi connectivity index (χ1v) is 7.68. The van der Waals surface area contributed by atoms with Gasteiger partial charge in [0, 0.05) is 0 Å². The maximum absolute atomic E-state index is 10.9. The third-order valence-electron chi connectivity index (χ3n) is 4.12. The van der Waals surface area contributed by atoms with Crippen molar-refractivity contribution in [3.63, 3.8) is 0 Å². The van der Waals surface area contributed by atoms with Gasteiger partial charge in [0.2, 0.25) is 5.79 Å². The van der Waals surface area contributed by atoms with Crippen LogP contribution in [0.3, 0.4) is 0 Å². The van der Waals surface area contributed by atoms with Crippen LogP contribution in [0.4, 0.5) is 0 Å². The minimum Gasteiger partial charge on any atom is -0.370 e. The van der Waals surface area contributed by atoms with Gasteiger partial charge in [-0.05, 0) is 6.92 Å². The molecule has 0 saturated carbocycles. The van der Waals surface area contributed by atoms with Crippen LogP contribution in [0.2, 0.25) is 0 Å². The highest BCUT2D eigenvalue weighted by molar-refractivity contribution is 7.80. The Morgan fingerprint density at radius 1 is 1.41 bits per heavy atom. The fraction of sp³-hybridized carbons (Fsp3) is 0.778. The van der Waals surface area contributed by atoms with Gasteiger partial charge < -0.3 is 31.9 Å². The average molecular weight is 336 g/mol. The zero-order valence-corrected chi connectivity index (χ0v) is 12.2. The molecule has 13 heteroatoms. The lowest BCUT2D eigenvalue weighted by Gasteiger charge is -2.48. The third-order valence-corrected chi connectivity index (χ3v) is 4.59. The van der Waals surface area contributed by atoms with E-state index in [-0.39, 0.29) is 18.5 Å². The van der Waals surface area contributed by atoms with Crippen molar-refractivity contribution >= 4 is 22.3 Å². The second-order valence-electron chi connectivity index (χ2n) is 5.43. The SMILES string of the molecule is C[C@@H]1N=C(N)N2C[C@@H](OS(=O)(=O)O)C(O)(O)C23NC(N)=N[C@@H]13. The van der Waals surface area contributed by atoms with Crippen molar-refractivity contribution in [1.82, 2.24) is 10.2 Å². The van der Waals surface area contributed by atoms with E-state index in [4.69, 9.17) is 16.0 Å². The Labute approximate surface area is 125 Å². The van der Waals surface area contributed by atoms with Gasteiger partial charge in [-0.15, -0.1) is 0 Å². The minimum atomic E-state index is -4.92. The number of aliphatic imine (C=N–C) groups is 2. The molecule has 3 aliphatic heterocycles. The molecule has 1 saturated heterocycles. The molecule has 3 rings (SSSR count). The molecule has 0 aromatic rings. The summed E-state index contributed by atoms with van der Waals surface area (Å²) in [5.74, 6) is -2.91. The van der Waals surface area contributed by atoms with Crippen LogP contribution in [-0.4, -0.2) is 76.2 Å². The molecule has 1 fully saturated rings. The number of nitrogens with zero attached hydrogens (tertiary/aromatic N) is 3. The Kier molecular flexibility index (Phi) is 2.91. The molecule has 3 aliphatic rings. The molecule has 22 heavy (non-hydrogen) atoms. The highest BCUT2D eigenvalue weighted by Crippen LogP contribution is 2.45. The topological polar surface area (TPSA) is 196 Å². The van der Waals surface area contributed by atoms with E-state index in [0.717, 1.165) is 0 Å². The molecular formula is C9H16N6O6S. The van der Waals surface area contributed by atoms with E-state index in [1.54, 1.807) is 6.92 Å². The summed E-state index contributed by atoms with van der Waals surface area (Å²) >= 11 is 0. The number of rotatable bonds is 2. The van der Waals surface area contributed by atoms with Crippen molar-refractivity contribution in [1.29, 1.82) is 0 Å². The summed E-state index contributed by atoms with van der Waals surface area (Å²) < 4.78 is 35.1. The second-order valence-corrected chi connectivity index (χ2v) is 6.48. The van der Waals surface area contributed by atoms with Crippen LogP contribution in [0.15, 0.2) is 9.98 Å². The molecule has 124 valence electrons. The van der Waals surface area contributed by atoms with E-state index < -0.39 is 40.0 Å². The van der Waals surface area contributed by atoms with Gasteiger partial charge in [-0.2, -0.15) is 8.42 Å². The first kappa shape index (κ1) is 15.2. The van der Waals surface area contributed by atoms with E-state index >= 15 is 0 Å². The lowest BCUT2D eigenvalue weighted by atomic mass is 9.86. The Bertz CT molecular complexity index is 676. The summed E-state index contributed by atoms with van der Waals surface area (Å²) in [6.07, 6.45) is -1.72. The summed E-state index contributed by atoms with van der Waals surface area (Å²) in [7, 11) is -4.92. The molecule has 0 bridgehead atoms. The zero-order valence-electron chi connectivity index (χ0n) is 11.4. The lowest BCUT2D eigenvalue weighted by molar-refractivity contribution is -0.252. The number of aliphatic hydroxyl groups is 2. The van der Waals surface area contributed by atoms with Crippen molar-refractivity contribution in [3.05, 3.63) is 0 Å². The summed E-state index contributed by atoms with van der Waals surface area (Å²) in [4.78, 5) is 9.42. The van der Waals surface area contributed by atoms with Gasteiger partial charge in [0.1, 0.15) is 6.04 Å². The Morgan fingerprint density at radius 2 is 2.05 bits per heavy atom. The molecule has 8 N–H and O–H groups in total. The Morgan fingerprint density at radius 3 is 2.64 bits per heavy atom. The summed E-state index contributed by atoms with van der Waals surface area (Å²) in [5, 5.41) is 23.7. The monoisotopic (exact) mass is 336 g/mol. The molecule has 0 amide bonds. The Hall–Kier alpha value is -1.67. The van der Waals surface area contributed by atoms with E-state index in [2.05, 4.69) is 19.5 Å². The van der Waals surface area contributed by atoms with Crippen LogP contribution >= 0.6 is 0 Å². The van der Waals surface area contributed by atoms with Crippen molar-refractivity contribution in [3.8, 4) is 0 Å². The molecule has 3 heterocycles. The van der Waals surface area contributed by atoms with Crippen LogP contribution in [0, 0.1) is 0 Å². The van der Waals surface area contributed by atoms with Crippen molar-refractivity contribution in [2.75, 3.05) is 6.54 Å². The quantitative estimate of drug-likeness (QED) is 0.213. The molecular weight excluding hydrogens is 320 g/mol. The molecule has 0 radical (unpaired) electrons. The van der Waals surface area contributed by atoms with Crippen molar-refractivity contribution in [2.45, 2.75) is 36.6 Å². The van der Waals surface area contributed by atoms with Crippen LogP contribution in [0.1, 0.15) is 6.92 Å². The predicted molar refractivity (Wildman–Crippen MR) is 72.7 cm³/mol. The number of nitrogens with one attached hydrogen (secondary N) is 1. The molecule has 1 spiro atoms. The number of hydrogen-bond donors (Lipinski definition) is 6. The number of guanidine groups is 2. The largest absolute Gasteiger partial charge is 0.397 e. The number of nitrogens with two attached hydrogens (primary N) is 2. The van der Waals surface area contributed by atoms with Gasteiger partial charge in [-0.3, -0.25) is 4.55 Å². The lowest BCUT2D eigenvalue weighted by Crippen LogP contribution is -2.77. The van der Waals surface area contributed by atoms with Crippen LogP contribution in [0.25, 0.3) is 0 Å². The first-order valence-electron chi connectivity index (χ1n) is 6.32. The van der Waals surface area contributed by atoms with E-state index in [1.807, 2.05) is 0 Å². The molecule has 12 nitrogen and oxygen atoms in total. The second kappa shape index (κ2) is 4.20. The van der Waals surface area contributed by atoms with Crippen LogP contribution < -0.4 is 16.8 Å². The number of hydrogen-bond acceptors (Lipinski definition) is 11. The zero-order chi connectivity index (χ0) is 16.5. The molecule has 0 aromatic carbocycles. The van der Waals surface area contributed by atoms with Gasteiger partial charge in [0.05, 0.1) is 12.6 Å². The molecule has 0 aliphatic carbocycles. The van der Waals surface area contributed by atoms with Crippen molar-refractivity contribution < 1.29 is 27.4 Å². The Balaban J connectivity index is 2.10. The highest BCUT2D eigenvalue weighted by Gasteiger charge is 2.73. The van der Waals surface area contributed by atoms with Gasteiger partial charge in [-0.25, -0.2) is 14.2 Å². The van der Waals surface area contributed by atoms with Gasteiger partial charge >= 0.3 is 10.4 Å². The summed E-state index contributed by atoms with van der Waals surface area (Å²) in [6.45, 7) is 1.29. The maximum atomic E-state index is 10.9. The normalized spacial score (nSPS) is 39.6. The van der Waals surface area contributed by atoms with Gasteiger partial charge in [0.15, 0.2) is 23.7 Å². The molecule has 0 aromatic heterocycles. The fourth-order valence-electron chi connectivity index (χ4n) is 3.29. The van der Waals surface area contributed by atoms with Gasteiger partial charge in [0.25, 0.3) is 0 Å². The maximum Gasteiger partial charge on any atom is 0.397 e. The highest BCUT2D eigenvalue weighted by atomic mass is 32.3. The van der Waals surface area contributed by atoms with E-state index in [1.165, 1.54) is 4.90 Å². The van der Waals surface area contributed by atoms with E-state index in [9.17, 15) is 18.6 Å². The smallest absolute Gasteiger partial charge is 0.370 e. The first-order chi connectivity index (χ1) is 9.99. The standard InChI is InChI=1S/C9H16N6O6S/c1-3-5-8(14-6(10)13-5)9(16,17)4(21-22(18,19)20)2-15(8)7(11)12-3/h3-5,16-17H,2H2,1H3,(H2,11,12)(H3,10,13,14)(H,18,19,20)/t3-,4+,5-,8?/m0/s1. The summed E-state index contributed by atoms with van der Waals surface area (Å²) in [5.41, 5.74) is 9.71. The average Bonchev–Trinajstić information content (AvgIpc) is 2.79. The molecule has 4 atom stereocenters. The summed E-state index contributed by atoms with van der Waals surface area (Å²) in [6, 6.07) is -1.39.